The summed E-state index contributed by atoms with van der Waals surface area (Å²) in [6, 6.07) is 16.1. The number of piperidine rings is 4. The molecule has 370 valence electrons. The molecule has 0 spiro atoms. The van der Waals surface area contributed by atoms with E-state index in [1.165, 1.54) is 17.7 Å². The fraction of sp³-hybridized carbons (Fsp3) is 0.491. The number of rotatable bonds is 12. The standard InChI is InChI=1S/C57H64F2N8O4/c1-3-39-45(58)13-11-37-27-38(68)28-43(48(37)39)51-50(59)52-44(29-61-51)53(66-22-6-7-34(2)30-66)63-56(62-52)71-33-57(19-20-57)32-65-23-15-35(16-24-65)31-64-25-17-36(18-26-64)40-12-14-46-49-41(40)8-4-9-42(49)55(70)67(46)47-10-5-21-60-54(47)69/h4,8-9,11-14,27-29,34-36,47,68H,3,5-7,10,15-26,30-33H2,1-2H3,(H,60,69). The van der Waals surface area contributed by atoms with Crippen LogP contribution in [0.3, 0.4) is 0 Å². The Labute approximate surface area is 413 Å². The normalized spacial score (nSPS) is 22.3. The van der Waals surface area contributed by atoms with Crippen molar-refractivity contribution < 1.29 is 28.2 Å². The van der Waals surface area contributed by atoms with Gasteiger partial charge < -0.3 is 29.9 Å². The SMILES string of the molecule is CCc1c(F)ccc2cc(O)cc(-c3ncc4c(N5CCCC(C)C5)nc(OCC5(CN6CCC(CN7CCC(c8ccc9c%10c(cccc8%10)C(=O)N9C8CCCNC8=O)CC7)CC6)CC5)nc4c3F)c12. The molecule has 5 aliphatic heterocycles. The maximum Gasteiger partial charge on any atom is 0.319 e. The number of nitrogens with zero attached hydrogens (tertiary/aromatic N) is 7. The van der Waals surface area contributed by atoms with Gasteiger partial charge in [0.1, 0.15) is 34.6 Å². The van der Waals surface area contributed by atoms with Gasteiger partial charge in [-0.2, -0.15) is 9.97 Å². The number of aryl methyl sites for hydroxylation is 1. The Bertz CT molecular complexity index is 3070. The molecule has 1 aliphatic carbocycles. The molecule has 6 aromatic rings. The number of aromatic hydroxyl groups is 1. The Morgan fingerprint density at radius 2 is 1.68 bits per heavy atom. The maximum absolute atomic E-state index is 17.1. The smallest absolute Gasteiger partial charge is 0.319 e. The van der Waals surface area contributed by atoms with Gasteiger partial charge in [-0.1, -0.05) is 38.1 Å². The van der Waals surface area contributed by atoms with Gasteiger partial charge in [-0.15, -0.1) is 0 Å². The zero-order chi connectivity index (χ0) is 48.5. The van der Waals surface area contributed by atoms with Crippen molar-refractivity contribution in [3.05, 3.63) is 89.1 Å². The number of fused-ring (bicyclic) bond motifs is 2. The van der Waals surface area contributed by atoms with Gasteiger partial charge in [0, 0.05) is 60.8 Å². The molecular formula is C57H64F2N8O4. The molecule has 0 radical (unpaired) electrons. The molecule has 7 heterocycles. The van der Waals surface area contributed by atoms with E-state index in [1.807, 2.05) is 19.1 Å². The van der Waals surface area contributed by atoms with E-state index < -0.39 is 11.9 Å². The van der Waals surface area contributed by atoms with Crippen LogP contribution in [0.5, 0.6) is 11.8 Å². The van der Waals surface area contributed by atoms with Crippen molar-refractivity contribution >= 4 is 55.8 Å². The van der Waals surface area contributed by atoms with Crippen LogP contribution in [-0.2, 0) is 11.2 Å². The van der Waals surface area contributed by atoms with Crippen LogP contribution in [0.25, 0.3) is 43.7 Å². The molecule has 6 aliphatic rings. The molecule has 4 aromatic carbocycles. The molecule has 14 heteroatoms. The molecule has 2 aromatic heterocycles. The lowest BCUT2D eigenvalue weighted by Crippen LogP contribution is -2.51. The van der Waals surface area contributed by atoms with Gasteiger partial charge in [0.15, 0.2) is 5.82 Å². The summed E-state index contributed by atoms with van der Waals surface area (Å²) < 4.78 is 38.9. The first-order valence-electron chi connectivity index (χ1n) is 26.3. The summed E-state index contributed by atoms with van der Waals surface area (Å²) in [5, 5.41) is 17.5. The lowest BCUT2D eigenvalue weighted by atomic mass is 9.85. The van der Waals surface area contributed by atoms with Crippen LogP contribution < -0.4 is 19.9 Å². The summed E-state index contributed by atoms with van der Waals surface area (Å²) in [6.45, 7) is 13.1. The van der Waals surface area contributed by atoms with Crippen LogP contribution in [0.15, 0.2) is 60.8 Å². The van der Waals surface area contributed by atoms with Gasteiger partial charge in [0.25, 0.3) is 5.91 Å². The average molecular weight is 963 g/mol. The predicted molar refractivity (Wildman–Crippen MR) is 273 cm³/mol. The fourth-order valence-corrected chi connectivity index (χ4v) is 13.0. The summed E-state index contributed by atoms with van der Waals surface area (Å²) in [6.07, 6.45) is 12.3. The molecule has 12 nitrogen and oxygen atoms in total. The number of halogens is 2. The largest absolute Gasteiger partial charge is 0.508 e. The van der Waals surface area contributed by atoms with Crippen molar-refractivity contribution in [2.45, 2.75) is 96.4 Å². The fourth-order valence-electron chi connectivity index (χ4n) is 13.0. The van der Waals surface area contributed by atoms with E-state index in [2.05, 4.69) is 50.1 Å². The summed E-state index contributed by atoms with van der Waals surface area (Å²) in [5.41, 5.74) is 3.78. The molecule has 2 amide bonds. The number of nitrogens with one attached hydrogen (secondary N) is 1. The molecule has 2 N–H and O–H groups in total. The molecule has 5 fully saturated rings. The Morgan fingerprint density at radius 3 is 2.45 bits per heavy atom. The quantitative estimate of drug-likeness (QED) is 0.122. The first kappa shape index (κ1) is 46.1. The predicted octanol–water partition coefficient (Wildman–Crippen LogP) is 9.77. The zero-order valence-electron chi connectivity index (χ0n) is 41.0. The first-order valence-corrected chi connectivity index (χ1v) is 26.3. The highest BCUT2D eigenvalue weighted by molar-refractivity contribution is 6.27. The van der Waals surface area contributed by atoms with Crippen molar-refractivity contribution in [2.24, 2.45) is 17.3 Å². The number of benzene rings is 4. The van der Waals surface area contributed by atoms with E-state index in [0.717, 1.165) is 127 Å². The van der Waals surface area contributed by atoms with Gasteiger partial charge in [-0.05, 0) is 172 Å². The monoisotopic (exact) mass is 963 g/mol. The highest BCUT2D eigenvalue weighted by Crippen LogP contribution is 2.48. The molecule has 12 rings (SSSR count). The summed E-state index contributed by atoms with van der Waals surface area (Å²) in [7, 11) is 0. The van der Waals surface area contributed by atoms with Gasteiger partial charge in [-0.3, -0.25) is 19.5 Å². The lowest BCUT2D eigenvalue weighted by Gasteiger charge is -2.39. The van der Waals surface area contributed by atoms with Crippen molar-refractivity contribution in [1.82, 2.24) is 30.1 Å². The summed E-state index contributed by atoms with van der Waals surface area (Å²) in [5.74, 6) is 0.939. The molecule has 0 bridgehead atoms. The minimum Gasteiger partial charge on any atom is -0.508 e. The Kier molecular flexibility index (Phi) is 12.1. The highest BCUT2D eigenvalue weighted by Gasteiger charge is 2.46. The Morgan fingerprint density at radius 1 is 0.859 bits per heavy atom. The van der Waals surface area contributed by atoms with Crippen molar-refractivity contribution in [1.29, 1.82) is 0 Å². The number of phenolic OH excluding ortho intramolecular Hbond substituents is 1. The first-order chi connectivity index (χ1) is 34.5. The number of anilines is 2. The zero-order valence-corrected chi connectivity index (χ0v) is 41.0. The number of phenols is 1. The van der Waals surface area contributed by atoms with Gasteiger partial charge in [0.2, 0.25) is 5.91 Å². The van der Waals surface area contributed by atoms with E-state index in [0.29, 0.717) is 82.4 Å². The van der Waals surface area contributed by atoms with Crippen LogP contribution in [0.1, 0.15) is 105 Å². The number of likely N-dealkylation sites (tertiary alicyclic amines) is 2. The number of hydrogen-bond donors (Lipinski definition) is 2. The third-order valence-electron chi connectivity index (χ3n) is 17.0. The lowest BCUT2D eigenvalue weighted by molar-refractivity contribution is -0.123. The number of carbonyl (C=O) groups excluding carboxylic acids is 2. The minimum atomic E-state index is -0.650. The second-order valence-corrected chi connectivity index (χ2v) is 21.8. The summed E-state index contributed by atoms with van der Waals surface area (Å²) in [4.78, 5) is 50.2. The number of aromatic nitrogens is 3. The minimum absolute atomic E-state index is 0.00107. The Balaban J connectivity index is 0.695. The van der Waals surface area contributed by atoms with Crippen molar-refractivity contribution in [3.8, 4) is 23.0 Å². The number of amides is 2. The van der Waals surface area contributed by atoms with Crippen LogP contribution in [0.4, 0.5) is 20.3 Å². The van der Waals surface area contributed by atoms with E-state index in [-0.39, 0.29) is 46.0 Å². The van der Waals surface area contributed by atoms with E-state index in [9.17, 15) is 14.7 Å². The number of ether oxygens (including phenoxy) is 1. The maximum atomic E-state index is 17.1. The number of pyridine rings is 1. The molecule has 1 saturated carbocycles. The third kappa shape index (κ3) is 8.52. The van der Waals surface area contributed by atoms with Crippen molar-refractivity contribution in [2.75, 3.05) is 75.3 Å². The number of hydrogen-bond acceptors (Lipinski definition) is 10. The van der Waals surface area contributed by atoms with Crippen LogP contribution in [0.2, 0.25) is 0 Å². The Hall–Kier alpha value is -5.99. The van der Waals surface area contributed by atoms with Crippen LogP contribution in [-0.4, -0.2) is 113 Å². The second-order valence-electron chi connectivity index (χ2n) is 21.8. The van der Waals surface area contributed by atoms with E-state index in [4.69, 9.17) is 14.7 Å². The van der Waals surface area contributed by atoms with E-state index in [1.54, 1.807) is 23.2 Å². The van der Waals surface area contributed by atoms with Gasteiger partial charge in [0.05, 0.1) is 17.7 Å². The molecular weight excluding hydrogens is 899 g/mol. The van der Waals surface area contributed by atoms with E-state index >= 15 is 8.78 Å². The van der Waals surface area contributed by atoms with Crippen LogP contribution in [0, 0.1) is 28.9 Å². The van der Waals surface area contributed by atoms with Gasteiger partial charge >= 0.3 is 6.01 Å². The average Bonchev–Trinajstić information content (AvgIpc) is 4.09. The van der Waals surface area contributed by atoms with Crippen LogP contribution >= 0.6 is 0 Å². The molecule has 2 unspecified atom stereocenters. The highest BCUT2D eigenvalue weighted by atomic mass is 19.1. The topological polar surface area (TPSA) is 127 Å². The second kappa shape index (κ2) is 18.6. The molecule has 71 heavy (non-hydrogen) atoms. The van der Waals surface area contributed by atoms with Gasteiger partial charge in [-0.25, -0.2) is 8.78 Å². The summed E-state index contributed by atoms with van der Waals surface area (Å²) >= 11 is 0. The number of carbonyl (C=O) groups is 2. The molecule has 4 saturated heterocycles. The van der Waals surface area contributed by atoms with Crippen molar-refractivity contribution in [3.63, 3.8) is 0 Å². The molecule has 2 atom stereocenters. The third-order valence-corrected chi connectivity index (χ3v) is 17.0.